The van der Waals surface area contributed by atoms with E-state index in [9.17, 15) is 0 Å². The predicted octanol–water partition coefficient (Wildman–Crippen LogP) is 2.84. The highest BCUT2D eigenvalue weighted by molar-refractivity contribution is 5.95. The van der Waals surface area contributed by atoms with Gasteiger partial charge in [-0.25, -0.2) is 11.0 Å². The van der Waals surface area contributed by atoms with Crippen LogP contribution >= 0.6 is 0 Å². The molecule has 1 saturated heterocycles. The topological polar surface area (TPSA) is 83.8 Å². The lowest BCUT2D eigenvalue weighted by molar-refractivity contribution is 0.371. The number of aromatic nitrogens is 1. The second-order valence-electron chi connectivity index (χ2n) is 6.98. The molecule has 26 heavy (non-hydrogen) atoms. The zero-order chi connectivity index (χ0) is 18.8. The van der Waals surface area contributed by atoms with Crippen LogP contribution in [0, 0.1) is 12.8 Å². The van der Waals surface area contributed by atoms with Gasteiger partial charge in [0.15, 0.2) is 5.84 Å². The minimum atomic E-state index is 0.287. The van der Waals surface area contributed by atoms with E-state index in [0.717, 1.165) is 24.1 Å². The van der Waals surface area contributed by atoms with Gasteiger partial charge in [0.25, 0.3) is 0 Å². The molecule has 1 aromatic carbocycles. The number of amidine groups is 1. The number of aryl methyl sites for hydroxylation is 1. The van der Waals surface area contributed by atoms with Crippen LogP contribution in [-0.2, 0) is 0 Å². The van der Waals surface area contributed by atoms with E-state index in [4.69, 9.17) is 11.6 Å². The first-order chi connectivity index (χ1) is 12.3. The summed E-state index contributed by atoms with van der Waals surface area (Å²) in [6, 6.07) is 10.3. The largest absolute Gasteiger partial charge is 0.380 e. The molecule has 2 aromatic rings. The number of nitrogens with zero attached hydrogens (tertiary/aromatic N) is 4. The molecule has 1 aliphatic heterocycles. The van der Waals surface area contributed by atoms with E-state index in [0.29, 0.717) is 11.6 Å². The zero-order valence-corrected chi connectivity index (χ0v) is 15.6. The summed E-state index contributed by atoms with van der Waals surface area (Å²) in [5.74, 6) is 6.42. The van der Waals surface area contributed by atoms with Crippen molar-refractivity contribution in [2.45, 2.75) is 20.3 Å². The first kappa shape index (κ1) is 17.9. The summed E-state index contributed by atoms with van der Waals surface area (Å²) in [6.45, 7) is 9.64. The van der Waals surface area contributed by atoms with E-state index in [1.54, 1.807) is 13.2 Å². The number of hydrazone groups is 1. The Kier molecular flexibility index (Phi) is 4.95. The summed E-state index contributed by atoms with van der Waals surface area (Å²) in [7, 11) is 1.61. The van der Waals surface area contributed by atoms with Gasteiger partial charge in [-0.3, -0.25) is 4.98 Å². The van der Waals surface area contributed by atoms with Crippen molar-refractivity contribution in [2.24, 2.45) is 22.6 Å². The summed E-state index contributed by atoms with van der Waals surface area (Å²) in [6.07, 6.45) is 2.87. The number of allylic oxidation sites excluding steroid dienone is 1. The Labute approximate surface area is 154 Å². The number of pyridine rings is 1. The SMILES string of the molecule is C=C1CC(C)CN1c1ccc(-c2ccc(/C(N)=N/N(C)N)nc2)cc1C. The third kappa shape index (κ3) is 3.70. The van der Waals surface area contributed by atoms with E-state index in [1.807, 2.05) is 12.1 Å². The highest BCUT2D eigenvalue weighted by Crippen LogP contribution is 2.34. The Morgan fingerprint density at radius 2 is 2.04 bits per heavy atom. The quantitative estimate of drug-likeness (QED) is 0.383. The van der Waals surface area contributed by atoms with Crippen molar-refractivity contribution in [1.29, 1.82) is 0 Å². The highest BCUT2D eigenvalue weighted by Gasteiger charge is 2.24. The van der Waals surface area contributed by atoms with Crippen LogP contribution in [0.5, 0.6) is 0 Å². The van der Waals surface area contributed by atoms with Crippen LogP contribution in [0.2, 0.25) is 0 Å². The average molecular weight is 350 g/mol. The van der Waals surface area contributed by atoms with Crippen LogP contribution in [0.3, 0.4) is 0 Å². The minimum Gasteiger partial charge on any atom is -0.380 e. The Balaban J connectivity index is 1.84. The van der Waals surface area contributed by atoms with E-state index in [1.165, 1.54) is 22.1 Å². The van der Waals surface area contributed by atoms with E-state index < -0.39 is 0 Å². The number of hydrogen-bond donors (Lipinski definition) is 2. The van der Waals surface area contributed by atoms with Gasteiger partial charge in [-0.2, -0.15) is 0 Å². The fourth-order valence-electron chi connectivity index (χ4n) is 3.36. The Bertz CT molecular complexity index is 838. The second-order valence-corrected chi connectivity index (χ2v) is 6.98. The van der Waals surface area contributed by atoms with Gasteiger partial charge in [0.2, 0.25) is 0 Å². The standard InChI is InChI=1S/C20H26N6/c1-13-9-15(3)26(12-13)19-8-6-16(10-14(19)2)17-5-7-18(23-11-17)20(21)24-25(4)22/h5-8,10-11,13H,3,9,12,22H2,1-2,4H3,(H2,21,24). The van der Waals surface area contributed by atoms with Gasteiger partial charge in [-0.1, -0.05) is 25.6 Å². The number of rotatable bonds is 4. The minimum absolute atomic E-state index is 0.287. The molecule has 6 nitrogen and oxygen atoms in total. The van der Waals surface area contributed by atoms with Crippen molar-refractivity contribution >= 4 is 11.5 Å². The third-order valence-corrected chi connectivity index (χ3v) is 4.57. The van der Waals surface area contributed by atoms with Crippen LogP contribution in [0.1, 0.15) is 24.6 Å². The monoisotopic (exact) mass is 350 g/mol. The lowest BCUT2D eigenvalue weighted by Crippen LogP contribution is -2.26. The first-order valence-electron chi connectivity index (χ1n) is 8.70. The molecular formula is C20H26N6. The van der Waals surface area contributed by atoms with Gasteiger partial charge in [0.1, 0.15) is 5.69 Å². The third-order valence-electron chi connectivity index (χ3n) is 4.57. The van der Waals surface area contributed by atoms with Crippen molar-refractivity contribution in [3.8, 4) is 11.1 Å². The maximum atomic E-state index is 5.87. The van der Waals surface area contributed by atoms with Crippen LogP contribution in [0.4, 0.5) is 5.69 Å². The van der Waals surface area contributed by atoms with Crippen molar-refractivity contribution in [2.75, 3.05) is 18.5 Å². The molecule has 2 heterocycles. The van der Waals surface area contributed by atoms with E-state index >= 15 is 0 Å². The normalized spacial score (nSPS) is 17.7. The van der Waals surface area contributed by atoms with Gasteiger partial charge in [-0.15, -0.1) is 5.10 Å². The molecule has 0 amide bonds. The maximum absolute atomic E-state index is 5.87. The van der Waals surface area contributed by atoms with Crippen LogP contribution in [-0.4, -0.2) is 29.5 Å². The highest BCUT2D eigenvalue weighted by atomic mass is 15.6. The van der Waals surface area contributed by atoms with E-state index in [2.05, 4.69) is 53.6 Å². The molecule has 6 heteroatoms. The first-order valence-corrected chi connectivity index (χ1v) is 8.70. The molecule has 0 bridgehead atoms. The van der Waals surface area contributed by atoms with Crippen molar-refractivity contribution in [1.82, 2.24) is 10.1 Å². The molecule has 1 aromatic heterocycles. The number of anilines is 1. The maximum Gasteiger partial charge on any atom is 0.171 e. The molecule has 1 aliphatic rings. The van der Waals surface area contributed by atoms with E-state index in [-0.39, 0.29) is 5.84 Å². The number of hydrazine groups is 1. The van der Waals surface area contributed by atoms with Gasteiger partial charge in [0.05, 0.1) is 0 Å². The molecule has 0 spiro atoms. The summed E-state index contributed by atoms with van der Waals surface area (Å²) in [5, 5.41) is 5.13. The summed E-state index contributed by atoms with van der Waals surface area (Å²) in [4.78, 5) is 6.72. The van der Waals surface area contributed by atoms with Crippen molar-refractivity contribution < 1.29 is 0 Å². The molecule has 0 saturated carbocycles. The molecule has 0 aliphatic carbocycles. The van der Waals surface area contributed by atoms with Crippen molar-refractivity contribution in [3.63, 3.8) is 0 Å². The molecule has 3 rings (SSSR count). The van der Waals surface area contributed by atoms with Crippen molar-refractivity contribution in [3.05, 3.63) is 60.1 Å². The summed E-state index contributed by atoms with van der Waals surface area (Å²) in [5.41, 5.74) is 12.3. The van der Waals surface area contributed by atoms with Gasteiger partial charge < -0.3 is 10.6 Å². The molecule has 1 fully saturated rings. The molecular weight excluding hydrogens is 324 g/mol. The van der Waals surface area contributed by atoms with Crippen LogP contribution < -0.4 is 16.5 Å². The Morgan fingerprint density at radius 1 is 1.31 bits per heavy atom. The lowest BCUT2D eigenvalue weighted by Gasteiger charge is -2.22. The second kappa shape index (κ2) is 7.17. The summed E-state index contributed by atoms with van der Waals surface area (Å²) < 4.78 is 0. The molecule has 1 atom stereocenters. The van der Waals surface area contributed by atoms with Gasteiger partial charge in [0, 0.05) is 36.7 Å². The smallest absolute Gasteiger partial charge is 0.171 e. The summed E-state index contributed by atoms with van der Waals surface area (Å²) >= 11 is 0. The van der Waals surface area contributed by atoms with Gasteiger partial charge in [-0.05, 0) is 48.6 Å². The Hall–Kier alpha value is -2.86. The fraction of sp³-hybridized carbons (Fsp3) is 0.300. The zero-order valence-electron chi connectivity index (χ0n) is 15.6. The molecule has 136 valence electrons. The molecule has 0 radical (unpaired) electrons. The molecule has 1 unspecified atom stereocenters. The van der Waals surface area contributed by atoms with Crippen LogP contribution in [0.25, 0.3) is 11.1 Å². The Morgan fingerprint density at radius 3 is 2.58 bits per heavy atom. The average Bonchev–Trinajstić information content (AvgIpc) is 2.92. The van der Waals surface area contributed by atoms with Gasteiger partial charge >= 0.3 is 0 Å². The fourth-order valence-corrected chi connectivity index (χ4v) is 3.36. The predicted molar refractivity (Wildman–Crippen MR) is 107 cm³/mol. The number of nitrogens with two attached hydrogens (primary N) is 2. The lowest BCUT2D eigenvalue weighted by atomic mass is 10.0. The number of hydrogen-bond acceptors (Lipinski definition) is 5. The van der Waals surface area contributed by atoms with Crippen LogP contribution in [0.15, 0.2) is 53.9 Å². The number of benzene rings is 1. The molecule has 4 N–H and O–H groups in total.